The van der Waals surface area contributed by atoms with Gasteiger partial charge in [-0.2, -0.15) is 0 Å². The minimum atomic E-state index is -2.99. The molecule has 2 N–H and O–H groups in total. The molecule has 0 aromatic heterocycles. The van der Waals surface area contributed by atoms with E-state index in [1.807, 2.05) is 0 Å². The normalized spacial score (nSPS) is 25.7. The Kier molecular flexibility index (Phi) is 2.86. The molecule has 11 heavy (non-hydrogen) atoms. The Hall–Kier alpha value is -0.130. The molecule has 0 unspecified atom stereocenters. The van der Waals surface area contributed by atoms with Crippen LogP contribution in [0.4, 0.5) is 0 Å². The molecular weight excluding hydrogens is 164 g/mol. The molecule has 5 heteroatoms. The quantitative estimate of drug-likeness (QED) is 0.600. The summed E-state index contributed by atoms with van der Waals surface area (Å²) in [5.74, 6) is 0.170. The van der Waals surface area contributed by atoms with Gasteiger partial charge in [-0.05, 0) is 19.9 Å². The van der Waals surface area contributed by atoms with E-state index in [0.29, 0.717) is 0 Å². The van der Waals surface area contributed by atoms with Crippen LogP contribution in [0.1, 0.15) is 13.3 Å². The van der Waals surface area contributed by atoms with Gasteiger partial charge in [0.05, 0.1) is 5.75 Å². The van der Waals surface area contributed by atoms with E-state index in [0.717, 1.165) is 19.5 Å². The van der Waals surface area contributed by atoms with Crippen molar-refractivity contribution in [2.45, 2.75) is 19.4 Å². The molecule has 1 heterocycles. The molecule has 4 nitrogen and oxygen atoms in total. The Morgan fingerprint density at radius 3 is 2.82 bits per heavy atom. The Labute approximate surface area is 67.4 Å². The van der Waals surface area contributed by atoms with Crippen LogP contribution in [0.15, 0.2) is 0 Å². The zero-order chi connectivity index (χ0) is 8.32. The van der Waals surface area contributed by atoms with Crippen LogP contribution >= 0.6 is 0 Å². The van der Waals surface area contributed by atoms with Crippen molar-refractivity contribution in [3.63, 3.8) is 0 Å². The van der Waals surface area contributed by atoms with Crippen LogP contribution in [0.3, 0.4) is 0 Å². The van der Waals surface area contributed by atoms with Crippen LogP contribution in [0, 0.1) is 0 Å². The molecule has 0 amide bonds. The zero-order valence-corrected chi connectivity index (χ0v) is 7.45. The second-order valence-corrected chi connectivity index (χ2v) is 4.75. The fourth-order valence-electron chi connectivity index (χ4n) is 1.09. The largest absolute Gasteiger partial charge is 0.315 e. The summed E-state index contributed by atoms with van der Waals surface area (Å²) >= 11 is 0. The van der Waals surface area contributed by atoms with E-state index >= 15 is 0 Å². The zero-order valence-electron chi connectivity index (χ0n) is 6.63. The van der Waals surface area contributed by atoms with Gasteiger partial charge in [-0.3, -0.25) is 0 Å². The van der Waals surface area contributed by atoms with Gasteiger partial charge in [-0.1, -0.05) is 0 Å². The summed E-state index contributed by atoms with van der Waals surface area (Å²) < 4.78 is 24.6. The second-order valence-electron chi connectivity index (χ2n) is 2.71. The van der Waals surface area contributed by atoms with Gasteiger partial charge < -0.3 is 5.32 Å². The summed E-state index contributed by atoms with van der Waals surface area (Å²) in [5.41, 5.74) is 0. The molecule has 1 atom stereocenters. The smallest absolute Gasteiger partial charge is 0.211 e. The first-order valence-electron chi connectivity index (χ1n) is 3.85. The van der Waals surface area contributed by atoms with Crippen molar-refractivity contribution in [2.24, 2.45) is 0 Å². The van der Waals surface area contributed by atoms with E-state index in [2.05, 4.69) is 10.0 Å². The first-order chi connectivity index (χ1) is 5.14. The molecular formula is C6H14N2O2S. The van der Waals surface area contributed by atoms with Crippen LogP contribution in [0.5, 0.6) is 0 Å². The van der Waals surface area contributed by atoms with Gasteiger partial charge in [0.15, 0.2) is 0 Å². The third-order valence-electron chi connectivity index (χ3n) is 1.79. The number of rotatable bonds is 3. The lowest BCUT2D eigenvalue weighted by Gasteiger charge is -2.09. The lowest BCUT2D eigenvalue weighted by Crippen LogP contribution is -2.37. The Balaban J connectivity index is 2.41. The predicted octanol–water partition coefficient (Wildman–Crippen LogP) is -0.712. The van der Waals surface area contributed by atoms with Gasteiger partial charge in [0.2, 0.25) is 10.0 Å². The van der Waals surface area contributed by atoms with Crippen molar-refractivity contribution < 1.29 is 8.42 Å². The van der Waals surface area contributed by atoms with E-state index in [1.54, 1.807) is 6.92 Å². The van der Waals surface area contributed by atoms with Crippen LogP contribution < -0.4 is 10.0 Å². The second kappa shape index (κ2) is 3.51. The molecule has 1 fully saturated rings. The van der Waals surface area contributed by atoms with Crippen molar-refractivity contribution >= 4 is 10.0 Å². The van der Waals surface area contributed by atoms with E-state index in [1.165, 1.54) is 0 Å². The van der Waals surface area contributed by atoms with E-state index in [9.17, 15) is 8.42 Å². The standard InChI is InChI=1S/C6H14N2O2S/c1-2-11(9,10)8-6-3-4-7-5-6/h6-8H,2-5H2,1H3/t6-/m1/s1. The summed E-state index contributed by atoms with van der Waals surface area (Å²) in [6, 6.07) is 0.111. The maximum absolute atomic E-state index is 11.0. The molecule has 0 aromatic carbocycles. The Morgan fingerprint density at radius 1 is 1.64 bits per heavy atom. The number of sulfonamides is 1. The average Bonchev–Trinajstić information content (AvgIpc) is 2.39. The number of hydrogen-bond donors (Lipinski definition) is 2. The first-order valence-corrected chi connectivity index (χ1v) is 5.50. The van der Waals surface area contributed by atoms with Crippen molar-refractivity contribution in [1.82, 2.24) is 10.0 Å². The van der Waals surface area contributed by atoms with Crippen LogP contribution in [-0.2, 0) is 10.0 Å². The van der Waals surface area contributed by atoms with Gasteiger partial charge in [-0.15, -0.1) is 0 Å². The van der Waals surface area contributed by atoms with E-state index in [4.69, 9.17) is 0 Å². The Morgan fingerprint density at radius 2 is 2.36 bits per heavy atom. The van der Waals surface area contributed by atoms with Crippen LogP contribution in [0.2, 0.25) is 0 Å². The predicted molar refractivity (Wildman–Crippen MR) is 43.9 cm³/mol. The highest BCUT2D eigenvalue weighted by atomic mass is 32.2. The third kappa shape index (κ3) is 2.76. The molecule has 0 bridgehead atoms. The van der Waals surface area contributed by atoms with Crippen LogP contribution in [0.25, 0.3) is 0 Å². The summed E-state index contributed by atoms with van der Waals surface area (Å²) in [7, 11) is -2.99. The average molecular weight is 178 g/mol. The van der Waals surface area contributed by atoms with Crippen molar-refractivity contribution in [3.05, 3.63) is 0 Å². The van der Waals surface area contributed by atoms with Gasteiger partial charge in [0.1, 0.15) is 0 Å². The highest BCUT2D eigenvalue weighted by Gasteiger charge is 2.18. The topological polar surface area (TPSA) is 58.2 Å². The van der Waals surface area contributed by atoms with Crippen molar-refractivity contribution in [3.8, 4) is 0 Å². The molecule has 0 aromatic rings. The SMILES string of the molecule is CCS(=O)(=O)N[C@@H]1CCNC1. The molecule has 1 rings (SSSR count). The molecule has 0 aliphatic carbocycles. The van der Waals surface area contributed by atoms with E-state index < -0.39 is 10.0 Å². The first kappa shape index (κ1) is 8.96. The lowest BCUT2D eigenvalue weighted by atomic mass is 10.3. The minimum Gasteiger partial charge on any atom is -0.315 e. The highest BCUT2D eigenvalue weighted by molar-refractivity contribution is 7.89. The molecule has 0 radical (unpaired) electrons. The van der Waals surface area contributed by atoms with Crippen molar-refractivity contribution in [1.29, 1.82) is 0 Å². The van der Waals surface area contributed by atoms with E-state index in [-0.39, 0.29) is 11.8 Å². The number of nitrogens with one attached hydrogen (secondary N) is 2. The fraction of sp³-hybridized carbons (Fsp3) is 1.00. The fourth-order valence-corrected chi connectivity index (χ4v) is 1.97. The monoisotopic (exact) mass is 178 g/mol. The highest BCUT2D eigenvalue weighted by Crippen LogP contribution is 1.99. The molecule has 0 spiro atoms. The van der Waals surface area contributed by atoms with Crippen LogP contribution in [-0.4, -0.2) is 33.3 Å². The third-order valence-corrected chi connectivity index (χ3v) is 3.24. The lowest BCUT2D eigenvalue weighted by molar-refractivity contribution is 0.561. The summed E-state index contributed by atoms with van der Waals surface area (Å²) in [4.78, 5) is 0. The summed E-state index contributed by atoms with van der Waals surface area (Å²) in [6.07, 6.45) is 0.902. The van der Waals surface area contributed by atoms with Gasteiger partial charge in [0.25, 0.3) is 0 Å². The number of hydrogen-bond acceptors (Lipinski definition) is 3. The molecule has 1 aliphatic heterocycles. The minimum absolute atomic E-state index is 0.111. The Bertz CT molecular complexity index is 207. The molecule has 66 valence electrons. The van der Waals surface area contributed by atoms with Gasteiger partial charge >= 0.3 is 0 Å². The summed E-state index contributed by atoms with van der Waals surface area (Å²) in [6.45, 7) is 3.32. The molecule has 1 aliphatic rings. The summed E-state index contributed by atoms with van der Waals surface area (Å²) in [5, 5.41) is 3.09. The maximum Gasteiger partial charge on any atom is 0.211 e. The molecule has 1 saturated heterocycles. The molecule has 0 saturated carbocycles. The van der Waals surface area contributed by atoms with Gasteiger partial charge in [0, 0.05) is 12.6 Å². The van der Waals surface area contributed by atoms with Gasteiger partial charge in [-0.25, -0.2) is 13.1 Å². The maximum atomic E-state index is 11.0. The van der Waals surface area contributed by atoms with Crippen molar-refractivity contribution in [2.75, 3.05) is 18.8 Å².